The Balaban J connectivity index is 1.35. The van der Waals surface area contributed by atoms with Crippen LogP contribution >= 0.6 is 0 Å². The van der Waals surface area contributed by atoms with E-state index in [0.717, 1.165) is 36.4 Å². The molecule has 1 aromatic heterocycles. The van der Waals surface area contributed by atoms with Gasteiger partial charge in [-0.25, -0.2) is 0 Å². The van der Waals surface area contributed by atoms with Crippen LogP contribution in [0.5, 0.6) is 11.5 Å². The van der Waals surface area contributed by atoms with E-state index in [1.54, 1.807) is 0 Å². The molecule has 0 amide bonds. The lowest BCUT2D eigenvalue weighted by molar-refractivity contribution is 0.0915. The number of hydrogen-bond acceptors (Lipinski definition) is 7. The van der Waals surface area contributed by atoms with Gasteiger partial charge in [0.25, 0.3) is 0 Å². The molecule has 0 radical (unpaired) electrons. The van der Waals surface area contributed by atoms with Crippen LogP contribution in [0.3, 0.4) is 0 Å². The second-order valence-corrected chi connectivity index (χ2v) is 7.10. The van der Waals surface area contributed by atoms with E-state index in [1.165, 1.54) is 0 Å². The first-order chi connectivity index (χ1) is 14.7. The Kier molecular flexibility index (Phi) is 8.68. The van der Waals surface area contributed by atoms with Crippen LogP contribution in [0.4, 0.5) is 0 Å². The van der Waals surface area contributed by atoms with E-state index in [1.807, 2.05) is 54.6 Å². The lowest BCUT2D eigenvalue weighted by atomic mass is 10.2. The lowest BCUT2D eigenvalue weighted by Gasteiger charge is -2.10. The zero-order chi connectivity index (χ0) is 21.0. The van der Waals surface area contributed by atoms with Gasteiger partial charge in [0.2, 0.25) is 11.8 Å². The third-order valence-corrected chi connectivity index (χ3v) is 4.26. The monoisotopic (exact) mass is 411 g/mol. The second-order valence-electron chi connectivity index (χ2n) is 7.10. The minimum absolute atomic E-state index is 0.283. The number of aromatic nitrogens is 2. The minimum atomic E-state index is 0.283. The average molecular weight is 412 g/mol. The van der Waals surface area contributed by atoms with E-state index in [0.29, 0.717) is 31.6 Å². The van der Waals surface area contributed by atoms with E-state index >= 15 is 0 Å². The highest BCUT2D eigenvalue weighted by Crippen LogP contribution is 2.21. The zero-order valence-electron chi connectivity index (χ0n) is 17.6. The van der Waals surface area contributed by atoms with Crippen molar-refractivity contribution in [2.75, 3.05) is 40.5 Å². The molecule has 7 heteroatoms. The average Bonchev–Trinajstić information content (AvgIpc) is 3.24. The number of rotatable bonds is 13. The first-order valence-corrected chi connectivity index (χ1v) is 10.2. The molecular weight excluding hydrogens is 382 g/mol. The Morgan fingerprint density at radius 3 is 2.23 bits per heavy atom. The third kappa shape index (κ3) is 7.50. The molecule has 2 aromatic carbocycles. The summed E-state index contributed by atoms with van der Waals surface area (Å²) < 4.78 is 22.7. The van der Waals surface area contributed by atoms with Crippen molar-refractivity contribution in [2.24, 2.45) is 0 Å². The summed E-state index contributed by atoms with van der Waals surface area (Å²) in [4.78, 5) is 2.14. The van der Waals surface area contributed by atoms with Crippen LogP contribution in [0.1, 0.15) is 18.7 Å². The Morgan fingerprint density at radius 1 is 0.800 bits per heavy atom. The second kappa shape index (κ2) is 11.9. The summed E-state index contributed by atoms with van der Waals surface area (Å²) in [6.07, 6.45) is 1.77. The molecule has 0 aliphatic heterocycles. The molecule has 0 N–H and O–H groups in total. The summed E-state index contributed by atoms with van der Waals surface area (Å²) in [5.41, 5.74) is 0.852. The molecule has 0 bridgehead atoms. The largest absolute Gasteiger partial charge is 0.494 e. The first kappa shape index (κ1) is 21.8. The third-order valence-electron chi connectivity index (χ3n) is 4.26. The molecule has 0 spiro atoms. The summed E-state index contributed by atoms with van der Waals surface area (Å²) in [5.74, 6) is 2.63. The Morgan fingerprint density at radius 2 is 1.50 bits per heavy atom. The summed E-state index contributed by atoms with van der Waals surface area (Å²) >= 11 is 0. The van der Waals surface area contributed by atoms with Crippen molar-refractivity contribution < 1.29 is 18.6 Å². The fourth-order valence-corrected chi connectivity index (χ4v) is 2.72. The highest BCUT2D eigenvalue weighted by Gasteiger charge is 2.09. The molecule has 0 aliphatic rings. The molecule has 160 valence electrons. The molecule has 0 saturated heterocycles. The van der Waals surface area contributed by atoms with E-state index in [9.17, 15) is 0 Å². The minimum Gasteiger partial charge on any atom is -0.494 e. The van der Waals surface area contributed by atoms with Gasteiger partial charge >= 0.3 is 0 Å². The van der Waals surface area contributed by atoms with Crippen LogP contribution in [-0.2, 0) is 11.3 Å². The normalized spacial score (nSPS) is 11.0. The summed E-state index contributed by atoms with van der Waals surface area (Å²) in [6, 6.07) is 17.4. The molecular formula is C23H29N3O4. The fourth-order valence-electron chi connectivity index (χ4n) is 2.72. The summed E-state index contributed by atoms with van der Waals surface area (Å²) in [5, 5.41) is 8.15. The van der Waals surface area contributed by atoms with Crippen molar-refractivity contribution in [1.29, 1.82) is 0 Å². The topological polar surface area (TPSA) is 69.9 Å². The highest BCUT2D eigenvalue weighted by molar-refractivity contribution is 5.53. The quantitative estimate of drug-likeness (QED) is 0.393. The maximum atomic E-state index is 5.74. The molecule has 3 rings (SSSR count). The maximum Gasteiger partial charge on any atom is 0.247 e. The van der Waals surface area contributed by atoms with Crippen molar-refractivity contribution in [3.05, 3.63) is 60.5 Å². The zero-order valence-corrected chi connectivity index (χ0v) is 17.6. The maximum absolute atomic E-state index is 5.74. The van der Waals surface area contributed by atoms with E-state index in [4.69, 9.17) is 18.6 Å². The Hall–Kier alpha value is -2.90. The van der Waals surface area contributed by atoms with E-state index in [2.05, 4.69) is 29.2 Å². The van der Waals surface area contributed by atoms with Crippen LogP contribution in [0.25, 0.3) is 11.5 Å². The molecule has 30 heavy (non-hydrogen) atoms. The van der Waals surface area contributed by atoms with Gasteiger partial charge in [-0.2, -0.15) is 0 Å². The molecule has 1 heterocycles. The number of nitrogens with zero attached hydrogens (tertiary/aromatic N) is 3. The molecule has 0 atom stereocenters. The van der Waals surface area contributed by atoms with Crippen molar-refractivity contribution in [1.82, 2.24) is 15.1 Å². The summed E-state index contributed by atoms with van der Waals surface area (Å²) in [6.45, 7) is 3.14. The Labute approximate surface area is 177 Å². The van der Waals surface area contributed by atoms with Gasteiger partial charge in [0.05, 0.1) is 19.8 Å². The SMILES string of the molecule is CN(C)CCCOc1ccc(-c2nnc(COCCCOc3ccccc3)o2)cc1. The molecule has 0 unspecified atom stereocenters. The predicted octanol–water partition coefficient (Wildman–Crippen LogP) is 4.05. The van der Waals surface area contributed by atoms with Crippen LogP contribution in [0, 0.1) is 0 Å². The van der Waals surface area contributed by atoms with Gasteiger partial charge < -0.3 is 23.5 Å². The molecule has 7 nitrogen and oxygen atoms in total. The van der Waals surface area contributed by atoms with Gasteiger partial charge in [-0.05, 0) is 56.9 Å². The van der Waals surface area contributed by atoms with Gasteiger partial charge in [0.1, 0.15) is 18.1 Å². The van der Waals surface area contributed by atoms with Gasteiger partial charge in [0, 0.05) is 18.5 Å². The fraction of sp³-hybridized carbons (Fsp3) is 0.391. The number of ether oxygens (including phenoxy) is 3. The number of benzene rings is 2. The standard InChI is InChI=1S/C23H29N3O4/c1-26(2)14-6-16-28-21-12-10-19(11-13-21)23-25-24-22(30-23)18-27-15-7-17-29-20-8-4-3-5-9-20/h3-5,8-13H,6-7,14-18H2,1-2H3. The number of hydrogen-bond donors (Lipinski definition) is 0. The van der Waals surface area contributed by atoms with Gasteiger partial charge in [-0.15, -0.1) is 10.2 Å². The van der Waals surface area contributed by atoms with Gasteiger partial charge in [0.15, 0.2) is 0 Å². The van der Waals surface area contributed by atoms with Crippen molar-refractivity contribution in [3.8, 4) is 23.0 Å². The van der Waals surface area contributed by atoms with Gasteiger partial charge in [-0.3, -0.25) is 0 Å². The van der Waals surface area contributed by atoms with Crippen LogP contribution in [-0.4, -0.2) is 55.6 Å². The van der Waals surface area contributed by atoms with Crippen molar-refractivity contribution in [3.63, 3.8) is 0 Å². The van der Waals surface area contributed by atoms with Gasteiger partial charge in [-0.1, -0.05) is 18.2 Å². The first-order valence-electron chi connectivity index (χ1n) is 10.2. The van der Waals surface area contributed by atoms with Crippen LogP contribution in [0.15, 0.2) is 59.0 Å². The molecule has 0 saturated carbocycles. The Bertz CT molecular complexity index is 850. The predicted molar refractivity (Wildman–Crippen MR) is 115 cm³/mol. The molecule has 0 fully saturated rings. The van der Waals surface area contributed by atoms with Crippen LogP contribution < -0.4 is 9.47 Å². The van der Waals surface area contributed by atoms with Crippen molar-refractivity contribution in [2.45, 2.75) is 19.4 Å². The lowest BCUT2D eigenvalue weighted by Crippen LogP contribution is -2.15. The smallest absolute Gasteiger partial charge is 0.247 e. The van der Waals surface area contributed by atoms with Crippen LogP contribution in [0.2, 0.25) is 0 Å². The summed E-state index contributed by atoms with van der Waals surface area (Å²) in [7, 11) is 4.11. The molecule has 0 aliphatic carbocycles. The van der Waals surface area contributed by atoms with E-state index < -0.39 is 0 Å². The molecule has 3 aromatic rings. The van der Waals surface area contributed by atoms with E-state index in [-0.39, 0.29) is 6.61 Å². The number of para-hydroxylation sites is 1. The van der Waals surface area contributed by atoms with Crippen molar-refractivity contribution >= 4 is 0 Å². The highest BCUT2D eigenvalue weighted by atomic mass is 16.5.